The molecule has 1 aliphatic carbocycles. The van der Waals surface area contributed by atoms with Gasteiger partial charge < -0.3 is 9.29 Å². The fourth-order valence-electron chi connectivity index (χ4n) is 2.34. The van der Waals surface area contributed by atoms with Crippen molar-refractivity contribution in [2.45, 2.75) is 50.2 Å². The smallest absolute Gasteiger partial charge is 0.155 e. The molecular formula is C9H16O3S. The van der Waals surface area contributed by atoms with Crippen LogP contribution < -0.4 is 0 Å². The van der Waals surface area contributed by atoms with Gasteiger partial charge in [0.05, 0.1) is 17.5 Å². The summed E-state index contributed by atoms with van der Waals surface area (Å²) in [5.74, 6) is 0.293. The fraction of sp³-hybridized carbons (Fsp3) is 1.00. The standard InChI is InChI=1S/C9H16O3S/c10-13(11)7-8-3-1-4-9(12-8)5-2-6-9/h8H,1-7H2,(H,10,11). The van der Waals surface area contributed by atoms with Crippen LogP contribution in [0, 0.1) is 0 Å². The van der Waals surface area contributed by atoms with Gasteiger partial charge >= 0.3 is 0 Å². The zero-order valence-electron chi connectivity index (χ0n) is 7.70. The molecule has 1 heterocycles. The highest BCUT2D eigenvalue weighted by atomic mass is 32.2. The Morgan fingerprint density at radius 3 is 2.62 bits per heavy atom. The summed E-state index contributed by atoms with van der Waals surface area (Å²) in [4.78, 5) is 0. The van der Waals surface area contributed by atoms with Crippen LogP contribution in [0.3, 0.4) is 0 Å². The second-order valence-electron chi connectivity index (χ2n) is 4.16. The van der Waals surface area contributed by atoms with E-state index in [9.17, 15) is 4.21 Å². The molecule has 76 valence electrons. The normalized spacial score (nSPS) is 34.1. The third-order valence-electron chi connectivity index (χ3n) is 3.17. The number of hydrogen-bond acceptors (Lipinski definition) is 2. The lowest BCUT2D eigenvalue weighted by molar-refractivity contribution is -0.161. The molecule has 2 fully saturated rings. The van der Waals surface area contributed by atoms with Gasteiger partial charge in [-0.15, -0.1) is 0 Å². The van der Waals surface area contributed by atoms with E-state index in [2.05, 4.69) is 0 Å². The second kappa shape index (κ2) is 3.67. The van der Waals surface area contributed by atoms with Crippen LogP contribution in [0.2, 0.25) is 0 Å². The van der Waals surface area contributed by atoms with E-state index in [0.717, 1.165) is 32.1 Å². The average molecular weight is 204 g/mol. The molecule has 0 aromatic carbocycles. The molecule has 13 heavy (non-hydrogen) atoms. The van der Waals surface area contributed by atoms with E-state index in [1.807, 2.05) is 0 Å². The highest BCUT2D eigenvalue weighted by Crippen LogP contribution is 2.44. The van der Waals surface area contributed by atoms with Crippen molar-refractivity contribution >= 4 is 11.1 Å². The van der Waals surface area contributed by atoms with Crippen LogP contribution in [0.15, 0.2) is 0 Å². The van der Waals surface area contributed by atoms with Crippen LogP contribution in [-0.2, 0) is 15.8 Å². The van der Waals surface area contributed by atoms with E-state index in [4.69, 9.17) is 9.29 Å². The molecule has 1 N–H and O–H groups in total. The van der Waals surface area contributed by atoms with Gasteiger partial charge in [-0.25, -0.2) is 4.21 Å². The zero-order chi connectivity index (χ0) is 9.31. The van der Waals surface area contributed by atoms with E-state index >= 15 is 0 Å². The Morgan fingerprint density at radius 2 is 2.08 bits per heavy atom. The topological polar surface area (TPSA) is 46.5 Å². The van der Waals surface area contributed by atoms with E-state index < -0.39 is 11.1 Å². The molecule has 0 bridgehead atoms. The molecule has 0 aromatic heterocycles. The van der Waals surface area contributed by atoms with Crippen LogP contribution in [0.4, 0.5) is 0 Å². The number of ether oxygens (including phenoxy) is 1. The molecule has 2 unspecified atom stereocenters. The van der Waals surface area contributed by atoms with Gasteiger partial charge in [0, 0.05) is 0 Å². The van der Waals surface area contributed by atoms with Crippen molar-refractivity contribution in [2.75, 3.05) is 5.75 Å². The maximum atomic E-state index is 10.6. The summed E-state index contributed by atoms with van der Waals surface area (Å²) < 4.78 is 25.2. The highest BCUT2D eigenvalue weighted by molar-refractivity contribution is 7.79. The summed E-state index contributed by atoms with van der Waals surface area (Å²) in [7, 11) is 0. The van der Waals surface area contributed by atoms with Crippen molar-refractivity contribution < 1.29 is 13.5 Å². The average Bonchev–Trinajstić information content (AvgIpc) is 2.01. The Morgan fingerprint density at radius 1 is 1.38 bits per heavy atom. The predicted molar refractivity (Wildman–Crippen MR) is 50.9 cm³/mol. The lowest BCUT2D eigenvalue weighted by atomic mass is 9.74. The predicted octanol–water partition coefficient (Wildman–Crippen LogP) is 1.70. The molecule has 2 aliphatic rings. The van der Waals surface area contributed by atoms with Crippen molar-refractivity contribution in [3.63, 3.8) is 0 Å². The Labute approximate surface area is 81.1 Å². The summed E-state index contributed by atoms with van der Waals surface area (Å²) in [5, 5.41) is 0. The van der Waals surface area contributed by atoms with Crippen LogP contribution in [0.25, 0.3) is 0 Å². The highest BCUT2D eigenvalue weighted by Gasteiger charge is 2.42. The minimum atomic E-state index is -1.70. The van der Waals surface area contributed by atoms with Gasteiger partial charge in [-0.2, -0.15) is 0 Å². The summed E-state index contributed by atoms with van der Waals surface area (Å²) in [6, 6.07) is 0. The number of hydrogen-bond donors (Lipinski definition) is 1. The maximum Gasteiger partial charge on any atom is 0.155 e. The van der Waals surface area contributed by atoms with E-state index in [1.165, 1.54) is 6.42 Å². The van der Waals surface area contributed by atoms with Crippen molar-refractivity contribution in [1.29, 1.82) is 0 Å². The zero-order valence-corrected chi connectivity index (χ0v) is 8.52. The number of rotatable bonds is 2. The first-order chi connectivity index (χ1) is 6.20. The molecule has 1 saturated carbocycles. The van der Waals surface area contributed by atoms with Gasteiger partial charge in [0.2, 0.25) is 0 Å². The first-order valence-corrected chi connectivity index (χ1v) is 6.23. The largest absolute Gasteiger partial charge is 0.371 e. The minimum absolute atomic E-state index is 0.0277. The van der Waals surface area contributed by atoms with Gasteiger partial charge in [-0.1, -0.05) is 0 Å². The second-order valence-corrected chi connectivity index (χ2v) is 5.13. The van der Waals surface area contributed by atoms with Gasteiger partial charge in [0.1, 0.15) is 0 Å². The van der Waals surface area contributed by atoms with Gasteiger partial charge in [0.25, 0.3) is 0 Å². The monoisotopic (exact) mass is 204 g/mol. The van der Waals surface area contributed by atoms with E-state index in [1.54, 1.807) is 0 Å². The molecule has 0 radical (unpaired) electrons. The first kappa shape index (κ1) is 9.62. The molecule has 2 rings (SSSR count). The third-order valence-corrected chi connectivity index (χ3v) is 3.83. The maximum absolute atomic E-state index is 10.6. The molecule has 3 nitrogen and oxygen atoms in total. The molecule has 1 spiro atoms. The van der Waals surface area contributed by atoms with Crippen LogP contribution in [0.5, 0.6) is 0 Å². The molecule has 1 aliphatic heterocycles. The van der Waals surface area contributed by atoms with E-state index in [0.29, 0.717) is 5.75 Å². The van der Waals surface area contributed by atoms with E-state index in [-0.39, 0.29) is 11.7 Å². The summed E-state index contributed by atoms with van der Waals surface area (Å²) in [6.45, 7) is 0. The lowest BCUT2D eigenvalue weighted by Gasteiger charge is -2.47. The van der Waals surface area contributed by atoms with Gasteiger partial charge in [-0.3, -0.25) is 0 Å². The van der Waals surface area contributed by atoms with Crippen LogP contribution >= 0.6 is 0 Å². The molecular weight excluding hydrogens is 188 g/mol. The lowest BCUT2D eigenvalue weighted by Crippen LogP contribution is -2.47. The van der Waals surface area contributed by atoms with Crippen molar-refractivity contribution in [1.82, 2.24) is 0 Å². The summed E-state index contributed by atoms with van der Waals surface area (Å²) >= 11 is -1.70. The summed E-state index contributed by atoms with van der Waals surface area (Å²) in [5.41, 5.74) is 0.113. The van der Waals surface area contributed by atoms with Crippen LogP contribution in [-0.4, -0.2) is 26.2 Å². The van der Waals surface area contributed by atoms with Crippen molar-refractivity contribution in [2.24, 2.45) is 0 Å². The quantitative estimate of drug-likeness (QED) is 0.696. The molecule has 2 atom stereocenters. The SMILES string of the molecule is O=S(O)CC1CCCC2(CCC2)O1. The minimum Gasteiger partial charge on any atom is -0.371 e. The Balaban J connectivity index is 1.88. The molecule has 0 aromatic rings. The van der Waals surface area contributed by atoms with Gasteiger partial charge in [0.15, 0.2) is 11.1 Å². The van der Waals surface area contributed by atoms with Crippen molar-refractivity contribution in [3.05, 3.63) is 0 Å². The van der Waals surface area contributed by atoms with Gasteiger partial charge in [-0.05, 0) is 38.5 Å². The van der Waals surface area contributed by atoms with Crippen LogP contribution in [0.1, 0.15) is 38.5 Å². The van der Waals surface area contributed by atoms with Crippen molar-refractivity contribution in [3.8, 4) is 0 Å². The Hall–Kier alpha value is 0.0700. The molecule has 0 amide bonds. The fourth-order valence-corrected chi connectivity index (χ4v) is 2.89. The first-order valence-electron chi connectivity index (χ1n) is 4.95. The Bertz CT molecular complexity index is 213. The molecule has 4 heteroatoms. The Kier molecular flexibility index (Phi) is 2.72. The summed E-state index contributed by atoms with van der Waals surface area (Å²) in [6.07, 6.45) is 6.86. The molecule has 1 saturated heterocycles. The third kappa shape index (κ3) is 2.11.